The molecule has 0 aliphatic heterocycles. The number of nitrogens with zero attached hydrogens (tertiary/aromatic N) is 1. The van der Waals surface area contributed by atoms with E-state index in [9.17, 15) is 27.9 Å². The Hall–Kier alpha value is -3.03. The highest BCUT2D eigenvalue weighted by Crippen LogP contribution is 2.23. The van der Waals surface area contributed by atoms with E-state index in [4.69, 9.17) is 0 Å². The fraction of sp³-hybridized carbons (Fsp3) is 0.263. The van der Waals surface area contributed by atoms with Crippen LogP contribution in [0.3, 0.4) is 0 Å². The van der Waals surface area contributed by atoms with E-state index in [-0.39, 0.29) is 16.9 Å². The average molecular weight is 380 g/mol. The highest BCUT2D eigenvalue weighted by atomic mass is 19.2. The largest absolute Gasteiger partial charge is 0.508 e. The van der Waals surface area contributed by atoms with Crippen LogP contribution in [0.1, 0.15) is 47.1 Å². The lowest BCUT2D eigenvalue weighted by molar-refractivity contribution is 0.0353. The van der Waals surface area contributed by atoms with Gasteiger partial charge >= 0.3 is 0 Å². The fourth-order valence-corrected chi connectivity index (χ4v) is 2.37. The van der Waals surface area contributed by atoms with Crippen LogP contribution < -0.4 is 5.43 Å². The number of amides is 2. The summed E-state index contributed by atoms with van der Waals surface area (Å²) >= 11 is 0. The van der Waals surface area contributed by atoms with E-state index in [1.807, 2.05) is 0 Å². The molecule has 0 fully saturated rings. The van der Waals surface area contributed by atoms with E-state index in [0.29, 0.717) is 6.07 Å². The smallest absolute Gasteiger partial charge is 0.275 e. The van der Waals surface area contributed by atoms with Crippen LogP contribution in [0, 0.1) is 24.4 Å². The molecule has 0 aromatic heterocycles. The lowest BCUT2D eigenvalue weighted by Gasteiger charge is -2.35. The molecule has 5 nitrogen and oxygen atoms in total. The Labute approximate surface area is 154 Å². The number of phenolic OH excluding ortho intramolecular Hbond substituents is 1. The van der Waals surface area contributed by atoms with Crippen molar-refractivity contribution in [2.24, 2.45) is 0 Å². The van der Waals surface area contributed by atoms with E-state index in [1.165, 1.54) is 25.1 Å². The molecule has 0 atom stereocenters. The second kappa shape index (κ2) is 7.30. The van der Waals surface area contributed by atoms with Crippen LogP contribution in [0.2, 0.25) is 0 Å². The molecule has 2 amide bonds. The maximum Gasteiger partial charge on any atom is 0.275 e. The molecule has 0 aliphatic rings. The molecular formula is C19H19F3N2O3. The maximum atomic E-state index is 14.0. The molecule has 2 rings (SSSR count). The van der Waals surface area contributed by atoms with E-state index < -0.39 is 40.4 Å². The van der Waals surface area contributed by atoms with Crippen LogP contribution in [-0.2, 0) is 0 Å². The van der Waals surface area contributed by atoms with Crippen molar-refractivity contribution in [1.82, 2.24) is 10.4 Å². The number of hydrogen-bond donors (Lipinski definition) is 2. The normalized spacial score (nSPS) is 11.2. The van der Waals surface area contributed by atoms with Crippen molar-refractivity contribution in [3.05, 3.63) is 64.5 Å². The summed E-state index contributed by atoms with van der Waals surface area (Å²) in [5, 5.41) is 10.6. The third-order valence-corrected chi connectivity index (χ3v) is 3.90. The molecule has 27 heavy (non-hydrogen) atoms. The molecule has 0 heterocycles. The quantitative estimate of drug-likeness (QED) is 0.617. The first-order chi connectivity index (χ1) is 12.4. The minimum Gasteiger partial charge on any atom is -0.508 e. The molecule has 2 N–H and O–H groups in total. The summed E-state index contributed by atoms with van der Waals surface area (Å²) in [4.78, 5) is 25.3. The van der Waals surface area contributed by atoms with Gasteiger partial charge in [0.15, 0.2) is 17.5 Å². The van der Waals surface area contributed by atoms with E-state index in [2.05, 4.69) is 5.43 Å². The molecule has 8 heteroatoms. The Bertz CT molecular complexity index is 908. The molecule has 2 aromatic carbocycles. The van der Waals surface area contributed by atoms with Crippen molar-refractivity contribution in [2.45, 2.75) is 33.2 Å². The first kappa shape index (κ1) is 20.3. The summed E-state index contributed by atoms with van der Waals surface area (Å²) in [6, 6.07) is 5.73. The highest BCUT2D eigenvalue weighted by Gasteiger charge is 2.32. The maximum absolute atomic E-state index is 14.0. The van der Waals surface area contributed by atoms with Gasteiger partial charge in [-0.2, -0.15) is 0 Å². The lowest BCUT2D eigenvalue weighted by Crippen LogP contribution is -2.56. The third-order valence-electron chi connectivity index (χ3n) is 3.90. The van der Waals surface area contributed by atoms with Crippen LogP contribution in [0.25, 0.3) is 0 Å². The van der Waals surface area contributed by atoms with Gasteiger partial charge in [0.05, 0.1) is 11.1 Å². The van der Waals surface area contributed by atoms with Gasteiger partial charge in [0.2, 0.25) is 0 Å². The molecule has 0 saturated carbocycles. The second-order valence-electron chi connectivity index (χ2n) is 6.92. The van der Waals surface area contributed by atoms with E-state index in [1.54, 1.807) is 20.8 Å². The van der Waals surface area contributed by atoms with Crippen molar-refractivity contribution in [2.75, 3.05) is 0 Å². The summed E-state index contributed by atoms with van der Waals surface area (Å²) in [5.74, 6) is -6.73. The molecule has 0 aliphatic carbocycles. The Morgan fingerprint density at radius 3 is 2.22 bits per heavy atom. The van der Waals surface area contributed by atoms with E-state index in [0.717, 1.165) is 11.1 Å². The second-order valence-corrected chi connectivity index (χ2v) is 6.92. The Morgan fingerprint density at radius 1 is 1.00 bits per heavy atom. The van der Waals surface area contributed by atoms with Gasteiger partial charge in [0, 0.05) is 11.1 Å². The zero-order valence-electron chi connectivity index (χ0n) is 15.2. The van der Waals surface area contributed by atoms with Crippen molar-refractivity contribution in [3.8, 4) is 5.75 Å². The molecule has 2 aromatic rings. The number of aromatic hydroxyl groups is 1. The van der Waals surface area contributed by atoms with Crippen molar-refractivity contribution in [1.29, 1.82) is 0 Å². The van der Waals surface area contributed by atoms with Crippen LogP contribution in [0.4, 0.5) is 13.2 Å². The van der Waals surface area contributed by atoms with Gasteiger partial charge in [-0.05, 0) is 52.0 Å². The zero-order chi connectivity index (χ0) is 20.5. The molecule has 0 bridgehead atoms. The lowest BCUT2D eigenvalue weighted by atomic mass is 10.0. The predicted molar refractivity (Wildman–Crippen MR) is 92.5 cm³/mol. The molecular weight excluding hydrogens is 361 g/mol. The summed E-state index contributed by atoms with van der Waals surface area (Å²) in [6.07, 6.45) is 0. The topological polar surface area (TPSA) is 69.6 Å². The Kier molecular flexibility index (Phi) is 5.48. The van der Waals surface area contributed by atoms with Crippen LogP contribution >= 0.6 is 0 Å². The van der Waals surface area contributed by atoms with Gasteiger partial charge in [-0.3, -0.25) is 15.0 Å². The standard InChI is InChI=1S/C19H19F3N2O3/c1-10-11(6-5-7-14(10)25)17(26)23-24(19(2,3)4)18(27)12-8-9-13(20)16(22)15(12)21/h5-9,25H,1-4H3,(H,23,26). The Morgan fingerprint density at radius 2 is 1.63 bits per heavy atom. The number of carbonyl (C=O) groups excluding carboxylic acids is 2. The molecule has 144 valence electrons. The van der Waals surface area contributed by atoms with Gasteiger partial charge in [0.25, 0.3) is 11.8 Å². The minimum atomic E-state index is -1.77. The number of rotatable bonds is 2. The van der Waals surface area contributed by atoms with E-state index >= 15 is 0 Å². The first-order valence-electron chi connectivity index (χ1n) is 8.02. The average Bonchev–Trinajstić information content (AvgIpc) is 2.58. The number of carbonyl (C=O) groups is 2. The van der Waals surface area contributed by atoms with Gasteiger partial charge in [-0.25, -0.2) is 18.2 Å². The summed E-state index contributed by atoms with van der Waals surface area (Å²) < 4.78 is 40.7. The van der Waals surface area contributed by atoms with Crippen LogP contribution in [0.5, 0.6) is 5.75 Å². The fourth-order valence-electron chi connectivity index (χ4n) is 2.37. The molecule has 0 unspecified atom stereocenters. The summed E-state index contributed by atoms with van der Waals surface area (Å²) in [7, 11) is 0. The van der Waals surface area contributed by atoms with Crippen LogP contribution in [0.15, 0.2) is 30.3 Å². The zero-order valence-corrected chi connectivity index (χ0v) is 15.2. The first-order valence-corrected chi connectivity index (χ1v) is 8.02. The number of hydrogen-bond acceptors (Lipinski definition) is 3. The van der Waals surface area contributed by atoms with Gasteiger partial charge in [0.1, 0.15) is 5.75 Å². The van der Waals surface area contributed by atoms with Crippen molar-refractivity contribution >= 4 is 11.8 Å². The molecule has 0 spiro atoms. The van der Waals surface area contributed by atoms with Gasteiger partial charge < -0.3 is 5.11 Å². The van der Waals surface area contributed by atoms with Crippen molar-refractivity contribution in [3.63, 3.8) is 0 Å². The summed E-state index contributed by atoms with van der Waals surface area (Å²) in [6.45, 7) is 6.22. The third kappa shape index (κ3) is 4.05. The van der Waals surface area contributed by atoms with Crippen LogP contribution in [-0.4, -0.2) is 27.5 Å². The monoisotopic (exact) mass is 380 g/mol. The summed E-state index contributed by atoms with van der Waals surface area (Å²) in [5.41, 5.74) is 0.995. The van der Waals surface area contributed by atoms with Gasteiger partial charge in [-0.1, -0.05) is 6.07 Å². The molecule has 0 saturated heterocycles. The highest BCUT2D eigenvalue weighted by molar-refractivity contribution is 6.00. The number of benzene rings is 2. The minimum absolute atomic E-state index is 0.0998. The van der Waals surface area contributed by atoms with Gasteiger partial charge in [-0.15, -0.1) is 0 Å². The van der Waals surface area contributed by atoms with Crippen molar-refractivity contribution < 1.29 is 27.9 Å². The SMILES string of the molecule is Cc1c(O)cccc1C(=O)NN(C(=O)c1ccc(F)c(F)c1F)C(C)(C)C. The number of halogens is 3. The Balaban J connectivity index is 2.42. The number of hydrazine groups is 1. The molecule has 0 radical (unpaired) electrons. The predicted octanol–water partition coefficient (Wildman–Crippen LogP) is 3.70. The number of phenols is 1. The number of nitrogens with one attached hydrogen (secondary N) is 1.